The van der Waals surface area contributed by atoms with E-state index in [2.05, 4.69) is 66.7 Å². The molecule has 4 nitrogen and oxygen atoms in total. The Labute approximate surface area is 203 Å². The van der Waals surface area contributed by atoms with Gasteiger partial charge in [0.15, 0.2) is 0 Å². The van der Waals surface area contributed by atoms with Gasteiger partial charge in [0.1, 0.15) is 12.5 Å². The number of benzene rings is 3. The van der Waals surface area contributed by atoms with E-state index in [1.807, 2.05) is 45.0 Å². The molecule has 0 saturated carbocycles. The number of hydrogen-bond donors (Lipinski definition) is 0. The number of hydrogen-bond acceptors (Lipinski definition) is 3. The van der Waals surface area contributed by atoms with E-state index in [0.29, 0.717) is 12.5 Å². The first-order valence-corrected chi connectivity index (χ1v) is 15.7. The van der Waals surface area contributed by atoms with Crippen molar-refractivity contribution in [3.05, 3.63) is 66.7 Å². The highest BCUT2D eigenvalue weighted by molar-refractivity contribution is 6.76. The number of rotatable bonds is 7. The molecule has 34 heavy (non-hydrogen) atoms. The third-order valence-electron chi connectivity index (χ3n) is 6.00. The molecule has 4 aromatic rings. The largest absolute Gasteiger partial charge is 0.425 e. The van der Waals surface area contributed by atoms with E-state index in [0.717, 1.165) is 40.2 Å². The topological polar surface area (TPSA) is 40.5 Å². The molecule has 1 heterocycles. The van der Waals surface area contributed by atoms with Crippen molar-refractivity contribution in [1.82, 2.24) is 4.57 Å². The average molecular weight is 474 g/mol. The summed E-state index contributed by atoms with van der Waals surface area (Å²) < 4.78 is 14.2. The molecule has 0 N–H and O–H groups in total. The Balaban J connectivity index is 1.77. The maximum atomic E-state index is 12.6. The smallest absolute Gasteiger partial charge is 0.316 e. The standard InChI is InChI=1S/C29H35NO3Si/c1-29(2,3)28(31)33-27-16-15-23(22-12-8-9-13-24(22)27)26-19-21-11-7-10-14-25(21)30(26)20-32-17-18-34(4,5)6/h7-16,19H,17-18,20H2,1-6H3. The Kier molecular flexibility index (Phi) is 6.70. The molecule has 1 aromatic heterocycles. The zero-order chi connectivity index (χ0) is 24.5. The minimum absolute atomic E-state index is 0.240. The van der Waals surface area contributed by atoms with E-state index in [1.54, 1.807) is 0 Å². The first-order valence-electron chi connectivity index (χ1n) is 11.9. The quantitative estimate of drug-likeness (QED) is 0.119. The third kappa shape index (κ3) is 5.26. The normalized spacial score (nSPS) is 12.4. The molecule has 0 unspecified atom stereocenters. The summed E-state index contributed by atoms with van der Waals surface area (Å²) in [5.74, 6) is 0.351. The van der Waals surface area contributed by atoms with Crippen LogP contribution in [-0.4, -0.2) is 25.2 Å². The number of carbonyl (C=O) groups excluding carboxylic acids is 1. The molecule has 0 atom stereocenters. The number of para-hydroxylation sites is 1. The summed E-state index contributed by atoms with van der Waals surface area (Å²) in [6.07, 6.45) is 0. The van der Waals surface area contributed by atoms with Crippen LogP contribution in [-0.2, 0) is 16.3 Å². The van der Waals surface area contributed by atoms with Gasteiger partial charge in [-0.05, 0) is 56.5 Å². The lowest BCUT2D eigenvalue weighted by Gasteiger charge is -2.19. The van der Waals surface area contributed by atoms with Crippen molar-refractivity contribution in [2.45, 2.75) is 53.2 Å². The fraction of sp³-hybridized carbons (Fsp3) is 0.345. The summed E-state index contributed by atoms with van der Waals surface area (Å²) >= 11 is 0. The minimum Gasteiger partial charge on any atom is -0.425 e. The Hall–Kier alpha value is -2.89. The van der Waals surface area contributed by atoms with E-state index in [-0.39, 0.29) is 5.97 Å². The molecule has 0 bridgehead atoms. The fourth-order valence-electron chi connectivity index (χ4n) is 3.94. The Morgan fingerprint density at radius 1 is 0.912 bits per heavy atom. The van der Waals surface area contributed by atoms with Crippen molar-refractivity contribution in [2.24, 2.45) is 5.41 Å². The summed E-state index contributed by atoms with van der Waals surface area (Å²) in [7, 11) is -1.16. The Bertz CT molecular complexity index is 1320. The molecule has 0 aliphatic rings. The van der Waals surface area contributed by atoms with Crippen LogP contribution in [0.1, 0.15) is 20.8 Å². The third-order valence-corrected chi connectivity index (χ3v) is 7.71. The van der Waals surface area contributed by atoms with Gasteiger partial charge in [0, 0.05) is 31.0 Å². The first-order chi connectivity index (χ1) is 16.0. The molecule has 0 aliphatic heterocycles. The second kappa shape index (κ2) is 9.39. The van der Waals surface area contributed by atoms with Crippen molar-refractivity contribution in [2.75, 3.05) is 6.61 Å². The lowest BCUT2D eigenvalue weighted by Crippen LogP contribution is -2.25. The number of aromatic nitrogens is 1. The van der Waals surface area contributed by atoms with Crippen LogP contribution in [0.15, 0.2) is 66.7 Å². The predicted molar refractivity (Wildman–Crippen MR) is 144 cm³/mol. The van der Waals surface area contributed by atoms with E-state index in [9.17, 15) is 4.79 Å². The Morgan fingerprint density at radius 2 is 1.59 bits per heavy atom. The van der Waals surface area contributed by atoms with Gasteiger partial charge in [0.05, 0.1) is 16.6 Å². The maximum absolute atomic E-state index is 12.6. The first kappa shape index (κ1) is 24.2. The summed E-state index contributed by atoms with van der Waals surface area (Å²) in [6.45, 7) is 14.0. The van der Waals surface area contributed by atoms with Crippen LogP contribution in [0, 0.1) is 5.41 Å². The molecule has 0 amide bonds. The lowest BCUT2D eigenvalue weighted by molar-refractivity contribution is -0.142. The van der Waals surface area contributed by atoms with Crippen LogP contribution in [0.2, 0.25) is 25.7 Å². The number of ether oxygens (including phenoxy) is 2. The van der Waals surface area contributed by atoms with Gasteiger partial charge >= 0.3 is 5.97 Å². The number of fused-ring (bicyclic) bond motifs is 2. The molecule has 0 fully saturated rings. The second-order valence-electron chi connectivity index (χ2n) is 11.2. The van der Waals surface area contributed by atoms with Gasteiger partial charge in [-0.2, -0.15) is 0 Å². The summed E-state index contributed by atoms with van der Waals surface area (Å²) in [5, 5.41) is 3.15. The molecule has 0 spiro atoms. The molecule has 178 valence electrons. The van der Waals surface area contributed by atoms with Gasteiger partial charge in [-0.1, -0.05) is 62.1 Å². The number of carbonyl (C=O) groups is 1. The molecule has 0 radical (unpaired) electrons. The SMILES string of the molecule is CC(C)(C)C(=O)Oc1ccc(-c2cc3ccccc3n2COCC[Si](C)(C)C)c2ccccc12. The predicted octanol–water partition coefficient (Wildman–Crippen LogP) is 7.73. The zero-order valence-electron chi connectivity index (χ0n) is 21.1. The van der Waals surface area contributed by atoms with Crippen molar-refractivity contribution in [1.29, 1.82) is 0 Å². The van der Waals surface area contributed by atoms with Gasteiger partial charge in [-0.15, -0.1) is 0 Å². The van der Waals surface area contributed by atoms with Crippen LogP contribution in [0.4, 0.5) is 0 Å². The van der Waals surface area contributed by atoms with Gasteiger partial charge in [0.25, 0.3) is 0 Å². The highest BCUT2D eigenvalue weighted by Gasteiger charge is 2.25. The van der Waals surface area contributed by atoms with Crippen LogP contribution in [0.3, 0.4) is 0 Å². The Morgan fingerprint density at radius 3 is 2.29 bits per heavy atom. The van der Waals surface area contributed by atoms with Crippen molar-refractivity contribution in [3.8, 4) is 17.0 Å². The van der Waals surface area contributed by atoms with Crippen molar-refractivity contribution in [3.63, 3.8) is 0 Å². The van der Waals surface area contributed by atoms with Gasteiger partial charge in [-0.25, -0.2) is 0 Å². The summed E-state index contributed by atoms with van der Waals surface area (Å²) in [6, 6.07) is 23.9. The van der Waals surface area contributed by atoms with Gasteiger partial charge in [-0.3, -0.25) is 4.79 Å². The van der Waals surface area contributed by atoms with E-state index >= 15 is 0 Å². The zero-order valence-corrected chi connectivity index (χ0v) is 22.1. The summed E-state index contributed by atoms with van der Waals surface area (Å²) in [5.41, 5.74) is 2.77. The van der Waals surface area contributed by atoms with Crippen LogP contribution < -0.4 is 4.74 Å². The highest BCUT2D eigenvalue weighted by atomic mass is 28.3. The molecule has 3 aromatic carbocycles. The fourth-order valence-corrected chi connectivity index (χ4v) is 4.70. The van der Waals surface area contributed by atoms with E-state index in [1.165, 1.54) is 5.39 Å². The van der Waals surface area contributed by atoms with E-state index < -0.39 is 13.5 Å². The maximum Gasteiger partial charge on any atom is 0.316 e. The summed E-state index contributed by atoms with van der Waals surface area (Å²) in [4.78, 5) is 12.6. The van der Waals surface area contributed by atoms with Gasteiger partial charge < -0.3 is 14.0 Å². The van der Waals surface area contributed by atoms with Crippen LogP contribution in [0.25, 0.3) is 32.9 Å². The minimum atomic E-state index is -1.16. The molecule has 0 saturated heterocycles. The monoisotopic (exact) mass is 473 g/mol. The number of nitrogens with zero attached hydrogens (tertiary/aromatic N) is 1. The number of esters is 1. The second-order valence-corrected chi connectivity index (χ2v) is 16.8. The van der Waals surface area contributed by atoms with E-state index in [4.69, 9.17) is 9.47 Å². The highest BCUT2D eigenvalue weighted by Crippen LogP contribution is 2.37. The van der Waals surface area contributed by atoms with Crippen molar-refractivity contribution >= 4 is 35.7 Å². The van der Waals surface area contributed by atoms with Crippen LogP contribution >= 0.6 is 0 Å². The average Bonchev–Trinajstić information content (AvgIpc) is 3.14. The van der Waals surface area contributed by atoms with Gasteiger partial charge in [0.2, 0.25) is 0 Å². The molecule has 0 aliphatic carbocycles. The molecular weight excluding hydrogens is 438 g/mol. The molecule has 4 rings (SSSR count). The molecular formula is C29H35NO3Si. The molecule has 5 heteroatoms. The van der Waals surface area contributed by atoms with Crippen molar-refractivity contribution < 1.29 is 14.3 Å². The van der Waals surface area contributed by atoms with Crippen LogP contribution in [0.5, 0.6) is 5.75 Å². The lowest BCUT2D eigenvalue weighted by atomic mass is 9.97.